The van der Waals surface area contributed by atoms with Gasteiger partial charge in [0.05, 0.1) is 5.92 Å². The second kappa shape index (κ2) is 18.8. The number of terminal acetylenes is 1. The Morgan fingerprint density at radius 2 is 1.10 bits per heavy atom. The second-order valence-electron chi connectivity index (χ2n) is 4.76. The number of rotatable bonds is 5. The highest BCUT2D eigenvalue weighted by Gasteiger charge is 2.11. The monoisotopic (exact) mass is 390 g/mol. The van der Waals surface area contributed by atoms with Crippen molar-refractivity contribution >= 4 is 11.9 Å². The normalized spacial score (nSPS) is 7.37. The minimum absolute atomic E-state index is 0.0184. The van der Waals surface area contributed by atoms with E-state index in [2.05, 4.69) is 101 Å². The largest absolute Gasteiger partial charge is 0.462 e. The fourth-order valence-corrected chi connectivity index (χ4v) is 1.15. The standard InChI is InChI=1S/C26H14O4/c1-4-6-7-8-9-10-11-12-13-14-15-16-17-18-19-20-21-25(27)29-22-23-30-26(28)24(3)5-2/h1,24H,5,22-23H2,2-3H3. The van der Waals surface area contributed by atoms with Crippen molar-refractivity contribution in [3.8, 4) is 107 Å². The lowest BCUT2D eigenvalue weighted by atomic mass is 10.1. The van der Waals surface area contributed by atoms with Gasteiger partial charge in [0.15, 0.2) is 0 Å². The lowest BCUT2D eigenvalue weighted by Gasteiger charge is -2.08. The van der Waals surface area contributed by atoms with Crippen molar-refractivity contribution in [1.29, 1.82) is 0 Å². The summed E-state index contributed by atoms with van der Waals surface area (Å²) in [6.45, 7) is 3.54. The van der Waals surface area contributed by atoms with Crippen molar-refractivity contribution < 1.29 is 19.1 Å². The van der Waals surface area contributed by atoms with E-state index >= 15 is 0 Å². The van der Waals surface area contributed by atoms with Gasteiger partial charge in [-0.05, 0) is 101 Å². The van der Waals surface area contributed by atoms with Crippen molar-refractivity contribution in [3.05, 3.63) is 0 Å². The van der Waals surface area contributed by atoms with Gasteiger partial charge in [-0.3, -0.25) is 4.79 Å². The third-order valence-corrected chi connectivity index (χ3v) is 2.69. The van der Waals surface area contributed by atoms with Crippen LogP contribution in [0.1, 0.15) is 20.3 Å². The van der Waals surface area contributed by atoms with Crippen molar-refractivity contribution in [2.75, 3.05) is 13.2 Å². The van der Waals surface area contributed by atoms with Crippen LogP contribution >= 0.6 is 0 Å². The van der Waals surface area contributed by atoms with Crippen molar-refractivity contribution in [2.45, 2.75) is 20.3 Å². The Kier molecular flexibility index (Phi) is 15.6. The first-order valence-corrected chi connectivity index (χ1v) is 8.41. The molecule has 0 radical (unpaired) electrons. The molecule has 0 fully saturated rings. The molecule has 0 aliphatic heterocycles. The van der Waals surface area contributed by atoms with Crippen LogP contribution in [0, 0.1) is 113 Å². The number of hydrogen-bond donors (Lipinski definition) is 0. The maximum Gasteiger partial charge on any atom is 0.385 e. The zero-order valence-electron chi connectivity index (χ0n) is 16.4. The summed E-state index contributed by atoms with van der Waals surface area (Å²) < 4.78 is 9.69. The van der Waals surface area contributed by atoms with Crippen LogP contribution in [0.2, 0.25) is 0 Å². The lowest BCUT2D eigenvalue weighted by molar-refractivity contribution is -0.152. The minimum atomic E-state index is -0.777. The topological polar surface area (TPSA) is 52.6 Å². The Hall–Kier alpha value is -5.02. The summed E-state index contributed by atoms with van der Waals surface area (Å²) in [6.07, 6.45) is 5.59. The van der Waals surface area contributed by atoms with Gasteiger partial charge < -0.3 is 9.47 Å². The molecule has 0 aromatic carbocycles. The summed E-state index contributed by atoms with van der Waals surface area (Å²) in [7, 11) is 0. The van der Waals surface area contributed by atoms with Gasteiger partial charge in [-0.15, -0.1) is 6.42 Å². The van der Waals surface area contributed by atoms with Crippen LogP contribution in [0.15, 0.2) is 0 Å². The van der Waals surface area contributed by atoms with E-state index in [4.69, 9.17) is 15.9 Å². The zero-order valence-corrected chi connectivity index (χ0v) is 16.4. The van der Waals surface area contributed by atoms with Crippen molar-refractivity contribution in [1.82, 2.24) is 0 Å². The third-order valence-electron chi connectivity index (χ3n) is 2.69. The quantitative estimate of drug-likeness (QED) is 0.301. The molecule has 1 unspecified atom stereocenters. The van der Waals surface area contributed by atoms with Crippen LogP contribution < -0.4 is 0 Å². The average Bonchev–Trinajstić information content (AvgIpc) is 2.75. The molecule has 30 heavy (non-hydrogen) atoms. The van der Waals surface area contributed by atoms with Gasteiger partial charge in [0.1, 0.15) is 13.2 Å². The first-order chi connectivity index (χ1) is 14.6. The van der Waals surface area contributed by atoms with Crippen LogP contribution in [0.4, 0.5) is 0 Å². The highest BCUT2D eigenvalue weighted by molar-refractivity contribution is 5.89. The number of carbonyl (C=O) groups excluding carboxylic acids is 2. The molecule has 0 saturated heterocycles. The molecule has 0 rings (SSSR count). The molecule has 142 valence electrons. The molecular weight excluding hydrogens is 376 g/mol. The van der Waals surface area contributed by atoms with E-state index < -0.39 is 5.97 Å². The predicted octanol–water partition coefficient (Wildman–Crippen LogP) is 0.779. The van der Waals surface area contributed by atoms with E-state index in [0.717, 1.165) is 0 Å². The molecule has 1 atom stereocenters. The number of carbonyl (C=O) groups is 2. The number of hydrogen-bond acceptors (Lipinski definition) is 4. The Morgan fingerprint density at radius 3 is 1.53 bits per heavy atom. The summed E-state index contributed by atoms with van der Waals surface area (Å²) in [5.41, 5.74) is 0. The van der Waals surface area contributed by atoms with E-state index in [1.54, 1.807) is 6.92 Å². The summed E-state index contributed by atoms with van der Waals surface area (Å²) in [5, 5.41) is 0. The summed E-state index contributed by atoms with van der Waals surface area (Å²) >= 11 is 0. The maximum absolute atomic E-state index is 11.4. The van der Waals surface area contributed by atoms with Gasteiger partial charge in [-0.2, -0.15) is 0 Å². The van der Waals surface area contributed by atoms with Crippen molar-refractivity contribution in [3.63, 3.8) is 0 Å². The molecular formula is C26H14O4. The van der Waals surface area contributed by atoms with Gasteiger partial charge in [0, 0.05) is 5.92 Å². The molecule has 0 N–H and O–H groups in total. The maximum atomic E-state index is 11.4. The number of ether oxygens (including phenoxy) is 2. The Bertz CT molecular complexity index is 1180. The highest BCUT2D eigenvalue weighted by atomic mass is 16.6. The van der Waals surface area contributed by atoms with Gasteiger partial charge in [0.2, 0.25) is 0 Å². The van der Waals surface area contributed by atoms with Gasteiger partial charge in [-0.25, -0.2) is 4.79 Å². The SMILES string of the molecule is C#CC#CC#CC#CC#CC#CC#CC#CC#CC(=O)OCCOC(=O)C(C)CC. The van der Waals surface area contributed by atoms with E-state index in [-0.39, 0.29) is 25.1 Å². The molecule has 0 heterocycles. The second-order valence-corrected chi connectivity index (χ2v) is 4.76. The minimum Gasteiger partial charge on any atom is -0.462 e. The van der Waals surface area contributed by atoms with Crippen LogP contribution in [0.3, 0.4) is 0 Å². The molecule has 0 aliphatic rings. The van der Waals surface area contributed by atoms with Crippen LogP contribution in [0.5, 0.6) is 0 Å². The Morgan fingerprint density at radius 1 is 0.700 bits per heavy atom. The molecule has 0 saturated carbocycles. The number of esters is 2. The van der Waals surface area contributed by atoms with E-state index in [9.17, 15) is 9.59 Å². The Balaban J connectivity index is 4.25. The van der Waals surface area contributed by atoms with E-state index in [1.165, 1.54) is 0 Å². The zero-order chi connectivity index (χ0) is 22.3. The first kappa shape index (κ1) is 25.0. The Labute approximate surface area is 177 Å². The van der Waals surface area contributed by atoms with Crippen LogP contribution in [0.25, 0.3) is 0 Å². The van der Waals surface area contributed by atoms with E-state index in [1.807, 2.05) is 6.92 Å². The smallest absolute Gasteiger partial charge is 0.385 e. The molecule has 4 nitrogen and oxygen atoms in total. The molecule has 0 aromatic rings. The summed E-state index contributed by atoms with van der Waals surface area (Å²) in [5.74, 6) is 39.1. The third kappa shape index (κ3) is 16.4. The predicted molar refractivity (Wildman–Crippen MR) is 112 cm³/mol. The molecule has 0 bridgehead atoms. The fraction of sp³-hybridized carbons (Fsp3) is 0.231. The molecule has 0 aromatic heterocycles. The molecule has 0 spiro atoms. The molecule has 4 heteroatoms. The van der Waals surface area contributed by atoms with E-state index in [0.29, 0.717) is 6.42 Å². The average molecular weight is 390 g/mol. The van der Waals surface area contributed by atoms with Gasteiger partial charge in [-0.1, -0.05) is 13.8 Å². The van der Waals surface area contributed by atoms with Crippen LogP contribution in [-0.2, 0) is 19.1 Å². The first-order valence-electron chi connectivity index (χ1n) is 8.41. The van der Waals surface area contributed by atoms with Gasteiger partial charge >= 0.3 is 11.9 Å². The highest BCUT2D eigenvalue weighted by Crippen LogP contribution is 2.02. The van der Waals surface area contributed by atoms with Gasteiger partial charge in [0.25, 0.3) is 0 Å². The lowest BCUT2D eigenvalue weighted by Crippen LogP contribution is -2.17. The molecule has 0 amide bonds. The summed E-state index contributed by atoms with van der Waals surface area (Å²) in [6, 6.07) is 0. The molecule has 0 aliphatic carbocycles. The van der Waals surface area contributed by atoms with Crippen molar-refractivity contribution in [2.24, 2.45) is 5.92 Å². The van der Waals surface area contributed by atoms with Crippen LogP contribution in [-0.4, -0.2) is 25.2 Å². The summed E-state index contributed by atoms with van der Waals surface area (Å²) in [4.78, 5) is 22.7. The fourth-order valence-electron chi connectivity index (χ4n) is 1.15.